The Bertz CT molecular complexity index is 620. The van der Waals surface area contributed by atoms with Gasteiger partial charge in [-0.1, -0.05) is 0 Å². The topological polar surface area (TPSA) is 77.2 Å². The van der Waals surface area contributed by atoms with Crippen molar-refractivity contribution >= 4 is 17.2 Å². The number of carbonyl (C=O) groups excluding carboxylic acids is 1. The van der Waals surface area contributed by atoms with Crippen molar-refractivity contribution in [1.29, 1.82) is 0 Å². The minimum Gasteiger partial charge on any atom is -0.444 e. The van der Waals surface area contributed by atoms with Crippen LogP contribution in [-0.4, -0.2) is 21.7 Å². The number of amides is 1. The zero-order valence-corrected chi connectivity index (χ0v) is 11.8. The summed E-state index contributed by atoms with van der Waals surface area (Å²) in [7, 11) is 0. The van der Waals surface area contributed by atoms with Gasteiger partial charge in [0, 0.05) is 12.3 Å². The van der Waals surface area contributed by atoms with Gasteiger partial charge >= 0.3 is 6.09 Å². The Labute approximate surface area is 116 Å². The summed E-state index contributed by atoms with van der Waals surface area (Å²) < 4.78 is 11.0. The number of ether oxygens (including phenoxy) is 1. The van der Waals surface area contributed by atoms with Crippen LogP contribution in [0.25, 0.3) is 11.1 Å². The largest absolute Gasteiger partial charge is 0.444 e. The van der Waals surface area contributed by atoms with Crippen molar-refractivity contribution in [3.63, 3.8) is 0 Å². The molecule has 1 saturated carbocycles. The van der Waals surface area contributed by atoms with E-state index in [1.165, 1.54) is 0 Å². The molecule has 0 spiro atoms. The lowest BCUT2D eigenvalue weighted by Gasteiger charge is -2.22. The Kier molecular flexibility index (Phi) is 2.70. The number of alkyl carbamates (subject to hydrolysis) is 1. The number of hydrogen-bond donors (Lipinski definition) is 1. The molecule has 1 fully saturated rings. The molecule has 0 aliphatic heterocycles. The molecule has 0 atom stereocenters. The molecule has 0 bridgehead atoms. The van der Waals surface area contributed by atoms with Crippen molar-refractivity contribution in [3.8, 4) is 0 Å². The lowest BCUT2D eigenvalue weighted by Crippen LogP contribution is -2.39. The highest BCUT2D eigenvalue weighted by molar-refractivity contribution is 5.72. The predicted molar refractivity (Wildman–Crippen MR) is 72.1 cm³/mol. The minimum absolute atomic E-state index is 0.449. The standard InChI is InChI=1S/C14H17N3O3/c1-13(2,3)20-12(18)17-14(5-6-14)11-16-9-8-15-7-4-10(9)19-11/h4,7-8H,5-6H2,1-3H3,(H,17,18). The van der Waals surface area contributed by atoms with Crippen LogP contribution >= 0.6 is 0 Å². The van der Waals surface area contributed by atoms with Crippen molar-refractivity contribution in [1.82, 2.24) is 15.3 Å². The Morgan fingerprint density at radius 3 is 2.80 bits per heavy atom. The van der Waals surface area contributed by atoms with E-state index in [1.54, 1.807) is 18.5 Å². The summed E-state index contributed by atoms with van der Waals surface area (Å²) in [6.07, 6.45) is 4.44. The summed E-state index contributed by atoms with van der Waals surface area (Å²) in [5.74, 6) is 0.520. The quantitative estimate of drug-likeness (QED) is 0.911. The highest BCUT2D eigenvalue weighted by Crippen LogP contribution is 2.45. The number of carbonyl (C=O) groups is 1. The Hall–Kier alpha value is -2.11. The lowest BCUT2D eigenvalue weighted by molar-refractivity contribution is 0.0486. The van der Waals surface area contributed by atoms with Crippen molar-refractivity contribution < 1.29 is 13.9 Å². The second kappa shape index (κ2) is 4.19. The van der Waals surface area contributed by atoms with Crippen LogP contribution in [-0.2, 0) is 10.3 Å². The van der Waals surface area contributed by atoms with Crippen molar-refractivity contribution in [2.24, 2.45) is 0 Å². The molecule has 2 aromatic rings. The van der Waals surface area contributed by atoms with E-state index in [0.29, 0.717) is 17.0 Å². The van der Waals surface area contributed by atoms with Crippen molar-refractivity contribution in [3.05, 3.63) is 24.4 Å². The summed E-state index contributed by atoms with van der Waals surface area (Å²) in [6, 6.07) is 1.76. The summed E-state index contributed by atoms with van der Waals surface area (Å²) >= 11 is 0. The number of pyridine rings is 1. The van der Waals surface area contributed by atoms with Gasteiger partial charge in [-0.15, -0.1) is 0 Å². The van der Waals surface area contributed by atoms with Gasteiger partial charge in [-0.25, -0.2) is 9.78 Å². The Balaban J connectivity index is 1.80. The highest BCUT2D eigenvalue weighted by Gasteiger charge is 2.51. The molecular weight excluding hydrogens is 258 g/mol. The van der Waals surface area contributed by atoms with Crippen LogP contribution < -0.4 is 5.32 Å². The molecule has 1 amide bonds. The molecule has 3 rings (SSSR count). The monoisotopic (exact) mass is 275 g/mol. The summed E-state index contributed by atoms with van der Waals surface area (Å²) in [5, 5.41) is 2.86. The van der Waals surface area contributed by atoms with E-state index < -0.39 is 17.2 Å². The molecule has 0 unspecified atom stereocenters. The molecular formula is C14H17N3O3. The minimum atomic E-state index is -0.526. The van der Waals surface area contributed by atoms with E-state index in [0.717, 1.165) is 12.8 Å². The maximum Gasteiger partial charge on any atom is 0.408 e. The van der Waals surface area contributed by atoms with Crippen LogP contribution in [0.15, 0.2) is 22.9 Å². The highest BCUT2D eigenvalue weighted by atomic mass is 16.6. The van der Waals surface area contributed by atoms with Crippen LogP contribution in [0.4, 0.5) is 4.79 Å². The Morgan fingerprint density at radius 1 is 1.45 bits per heavy atom. The van der Waals surface area contributed by atoms with Gasteiger partial charge in [0.1, 0.15) is 16.7 Å². The second-order valence-corrected chi connectivity index (χ2v) is 6.07. The van der Waals surface area contributed by atoms with Crippen molar-refractivity contribution in [2.75, 3.05) is 0 Å². The fourth-order valence-electron chi connectivity index (χ4n) is 2.00. The van der Waals surface area contributed by atoms with Crippen LogP contribution in [0.1, 0.15) is 39.5 Å². The molecule has 0 saturated heterocycles. The van der Waals surface area contributed by atoms with Crippen LogP contribution in [0, 0.1) is 0 Å². The molecule has 1 aliphatic carbocycles. The predicted octanol–water partition coefficient (Wildman–Crippen LogP) is 2.74. The molecule has 20 heavy (non-hydrogen) atoms. The molecule has 106 valence electrons. The maximum atomic E-state index is 11.9. The first-order valence-electron chi connectivity index (χ1n) is 6.60. The molecule has 0 radical (unpaired) electrons. The van der Waals surface area contributed by atoms with Gasteiger partial charge in [0.15, 0.2) is 5.58 Å². The van der Waals surface area contributed by atoms with Crippen LogP contribution in [0.2, 0.25) is 0 Å². The van der Waals surface area contributed by atoms with Gasteiger partial charge in [0.05, 0.1) is 6.20 Å². The fourth-order valence-corrected chi connectivity index (χ4v) is 2.00. The van der Waals surface area contributed by atoms with Crippen molar-refractivity contribution in [2.45, 2.75) is 44.8 Å². The van der Waals surface area contributed by atoms with E-state index >= 15 is 0 Å². The zero-order chi connectivity index (χ0) is 14.4. The third-order valence-corrected chi connectivity index (χ3v) is 3.09. The summed E-state index contributed by atoms with van der Waals surface area (Å²) in [4.78, 5) is 20.3. The molecule has 6 nitrogen and oxygen atoms in total. The van der Waals surface area contributed by atoms with Gasteiger partial charge in [-0.3, -0.25) is 4.98 Å². The number of aromatic nitrogens is 2. The fraction of sp³-hybridized carbons (Fsp3) is 0.500. The molecule has 1 aliphatic rings. The van der Waals surface area contributed by atoms with Crippen LogP contribution in [0.3, 0.4) is 0 Å². The summed E-state index contributed by atoms with van der Waals surface area (Å²) in [5.41, 5.74) is 0.319. The average molecular weight is 275 g/mol. The van der Waals surface area contributed by atoms with Gasteiger partial charge in [0.2, 0.25) is 5.89 Å². The first-order valence-corrected chi connectivity index (χ1v) is 6.60. The van der Waals surface area contributed by atoms with Gasteiger partial charge in [-0.05, 0) is 33.6 Å². The molecule has 6 heteroatoms. The number of fused-ring (bicyclic) bond motifs is 1. The van der Waals surface area contributed by atoms with E-state index in [9.17, 15) is 4.79 Å². The third kappa shape index (κ3) is 2.45. The van der Waals surface area contributed by atoms with E-state index in [4.69, 9.17) is 9.15 Å². The Morgan fingerprint density at radius 2 is 2.20 bits per heavy atom. The molecule has 2 aromatic heterocycles. The maximum absolute atomic E-state index is 11.9. The van der Waals surface area contributed by atoms with E-state index in [-0.39, 0.29) is 0 Å². The first-order chi connectivity index (χ1) is 9.38. The van der Waals surface area contributed by atoms with E-state index in [1.807, 2.05) is 20.8 Å². The van der Waals surface area contributed by atoms with Gasteiger partial charge in [0.25, 0.3) is 0 Å². The SMILES string of the molecule is CC(C)(C)OC(=O)NC1(c2nc3cnccc3o2)CC1. The number of rotatable bonds is 2. The third-order valence-electron chi connectivity index (χ3n) is 3.09. The molecule has 2 heterocycles. The zero-order valence-electron chi connectivity index (χ0n) is 11.8. The number of nitrogens with one attached hydrogen (secondary N) is 1. The molecule has 1 N–H and O–H groups in total. The molecule has 0 aromatic carbocycles. The second-order valence-electron chi connectivity index (χ2n) is 6.07. The lowest BCUT2D eigenvalue weighted by atomic mass is 10.2. The van der Waals surface area contributed by atoms with Gasteiger partial charge in [-0.2, -0.15) is 0 Å². The normalized spacial score (nSPS) is 16.9. The number of oxazole rings is 1. The smallest absolute Gasteiger partial charge is 0.408 e. The first kappa shape index (κ1) is 12.9. The summed E-state index contributed by atoms with van der Waals surface area (Å²) in [6.45, 7) is 5.49. The van der Waals surface area contributed by atoms with Gasteiger partial charge < -0.3 is 14.5 Å². The van der Waals surface area contributed by atoms with Crippen LogP contribution in [0.5, 0.6) is 0 Å². The number of nitrogens with zero attached hydrogens (tertiary/aromatic N) is 2. The number of hydrogen-bond acceptors (Lipinski definition) is 5. The van der Waals surface area contributed by atoms with E-state index in [2.05, 4.69) is 15.3 Å². The average Bonchev–Trinajstić information content (AvgIpc) is 2.97.